The number of likely N-dealkylation sites (tertiary alicyclic amines) is 1. The molecule has 1 aliphatic rings. The first kappa shape index (κ1) is 20.3. The van der Waals surface area contributed by atoms with Gasteiger partial charge in [0.15, 0.2) is 0 Å². The van der Waals surface area contributed by atoms with Crippen molar-refractivity contribution in [2.24, 2.45) is 0 Å². The molecule has 2 N–H and O–H groups in total. The lowest BCUT2D eigenvalue weighted by molar-refractivity contribution is -0.137. The number of carbonyl (C=O) groups is 2. The number of halogens is 1. The smallest absolute Gasteiger partial charge is 0.264 e. The van der Waals surface area contributed by atoms with Crippen molar-refractivity contribution in [1.82, 2.24) is 14.8 Å². The van der Waals surface area contributed by atoms with Crippen LogP contribution in [0.4, 0.5) is 0 Å². The van der Waals surface area contributed by atoms with Crippen LogP contribution in [0.3, 0.4) is 0 Å². The topological polar surface area (TPSA) is 130 Å². The van der Waals surface area contributed by atoms with E-state index in [0.29, 0.717) is 16.5 Å². The Morgan fingerprint density at radius 1 is 1.36 bits per heavy atom. The summed E-state index contributed by atoms with van der Waals surface area (Å²) in [5.74, 6) is -1.05. The van der Waals surface area contributed by atoms with E-state index in [1.165, 1.54) is 24.3 Å². The molecule has 1 aromatic heterocycles. The lowest BCUT2D eigenvalue weighted by Crippen LogP contribution is -2.48. The minimum absolute atomic E-state index is 0.0663. The molecule has 28 heavy (non-hydrogen) atoms. The molecule has 1 aliphatic heterocycles. The molecule has 2 aromatic rings. The summed E-state index contributed by atoms with van der Waals surface area (Å²) in [5.41, 5.74) is 0.604. The number of rotatable bonds is 5. The molecule has 2 heterocycles. The predicted molar refractivity (Wildman–Crippen MR) is 97.8 cm³/mol. The predicted octanol–water partition coefficient (Wildman–Crippen LogP) is 0.646. The number of hydrogen-bond donors (Lipinski definition) is 2. The van der Waals surface area contributed by atoms with Crippen molar-refractivity contribution in [1.29, 1.82) is 0 Å². The standard InChI is InChI=1S/C17H18ClN3O6S/c1-10-6-13(27-19-10)8-16(23)21-9-12(22)7-15(21)17(24)20-28(25,26)14-4-2-11(18)3-5-14/h2-6,12,15,22H,7-9H2,1H3,(H,20,24)/t12-,15+/m1/s1. The SMILES string of the molecule is Cc1cc(CC(=O)N2C[C@H](O)C[C@H]2C(=O)NS(=O)(=O)c2ccc(Cl)cc2)on1. The number of nitrogens with zero attached hydrogens (tertiary/aromatic N) is 2. The quantitative estimate of drug-likeness (QED) is 0.716. The normalized spacial score (nSPS) is 19.6. The summed E-state index contributed by atoms with van der Waals surface area (Å²) in [6.45, 7) is 1.62. The number of benzene rings is 1. The Hall–Kier alpha value is -2.43. The van der Waals surface area contributed by atoms with Gasteiger partial charge < -0.3 is 14.5 Å². The van der Waals surface area contributed by atoms with Crippen molar-refractivity contribution >= 4 is 33.4 Å². The zero-order chi connectivity index (χ0) is 20.5. The highest BCUT2D eigenvalue weighted by molar-refractivity contribution is 7.90. The number of amides is 2. The number of nitrogens with one attached hydrogen (secondary N) is 1. The number of aryl methyl sites for hydroxylation is 1. The van der Waals surface area contributed by atoms with Gasteiger partial charge in [0.25, 0.3) is 15.9 Å². The van der Waals surface area contributed by atoms with E-state index in [-0.39, 0.29) is 24.3 Å². The number of sulfonamides is 1. The van der Waals surface area contributed by atoms with Crippen molar-refractivity contribution in [3.05, 3.63) is 46.8 Å². The van der Waals surface area contributed by atoms with Crippen LogP contribution in [0.2, 0.25) is 5.02 Å². The third-order valence-electron chi connectivity index (χ3n) is 4.26. The highest BCUT2D eigenvalue weighted by Gasteiger charge is 2.40. The van der Waals surface area contributed by atoms with Crippen molar-refractivity contribution in [2.75, 3.05) is 6.54 Å². The molecule has 0 unspecified atom stereocenters. The lowest BCUT2D eigenvalue weighted by Gasteiger charge is -2.23. The first-order chi connectivity index (χ1) is 13.2. The van der Waals surface area contributed by atoms with E-state index < -0.39 is 34.0 Å². The van der Waals surface area contributed by atoms with Gasteiger partial charge in [-0.3, -0.25) is 9.59 Å². The Morgan fingerprint density at radius 2 is 2.04 bits per heavy atom. The third kappa shape index (κ3) is 4.51. The van der Waals surface area contributed by atoms with E-state index in [2.05, 4.69) is 5.16 Å². The van der Waals surface area contributed by atoms with Crippen molar-refractivity contribution in [3.63, 3.8) is 0 Å². The van der Waals surface area contributed by atoms with Crippen LogP contribution in [0.25, 0.3) is 0 Å². The summed E-state index contributed by atoms with van der Waals surface area (Å²) in [4.78, 5) is 26.1. The number of carbonyl (C=O) groups excluding carboxylic acids is 2. The minimum Gasteiger partial charge on any atom is -0.391 e. The number of aliphatic hydroxyl groups excluding tert-OH is 1. The molecule has 9 nitrogen and oxygen atoms in total. The molecule has 2 amide bonds. The van der Waals surface area contributed by atoms with Gasteiger partial charge in [0.1, 0.15) is 11.8 Å². The van der Waals surface area contributed by atoms with Crippen LogP contribution >= 0.6 is 11.6 Å². The van der Waals surface area contributed by atoms with Gasteiger partial charge in [-0.05, 0) is 31.2 Å². The van der Waals surface area contributed by atoms with Crippen LogP contribution in [-0.2, 0) is 26.0 Å². The fourth-order valence-electron chi connectivity index (χ4n) is 2.96. The first-order valence-corrected chi connectivity index (χ1v) is 10.2. The Kier molecular flexibility index (Phi) is 5.73. The molecule has 3 rings (SSSR count). The molecule has 150 valence electrons. The molecule has 1 saturated heterocycles. The summed E-state index contributed by atoms with van der Waals surface area (Å²) >= 11 is 5.74. The monoisotopic (exact) mass is 427 g/mol. The highest BCUT2D eigenvalue weighted by Crippen LogP contribution is 2.21. The van der Waals surface area contributed by atoms with Crippen LogP contribution in [0.15, 0.2) is 39.8 Å². The molecule has 0 spiro atoms. The van der Waals surface area contributed by atoms with E-state index in [4.69, 9.17) is 16.1 Å². The van der Waals surface area contributed by atoms with Crippen LogP contribution in [0.1, 0.15) is 17.9 Å². The average molecular weight is 428 g/mol. The van der Waals surface area contributed by atoms with E-state index in [1.54, 1.807) is 13.0 Å². The fraction of sp³-hybridized carbons (Fsp3) is 0.353. The van der Waals surface area contributed by atoms with Gasteiger partial charge in [-0.2, -0.15) is 0 Å². The second-order valence-corrected chi connectivity index (χ2v) is 8.61. The molecule has 0 radical (unpaired) electrons. The van der Waals surface area contributed by atoms with Gasteiger partial charge >= 0.3 is 0 Å². The molecule has 1 fully saturated rings. The second kappa shape index (κ2) is 7.90. The number of β-amino-alcohol motifs (C(OH)–C–C–N with tert-alkyl or cyclic N) is 1. The Balaban J connectivity index is 1.73. The maximum Gasteiger partial charge on any atom is 0.264 e. The Bertz CT molecular complexity index is 989. The van der Waals surface area contributed by atoms with Crippen LogP contribution < -0.4 is 4.72 Å². The van der Waals surface area contributed by atoms with Gasteiger partial charge in [-0.25, -0.2) is 13.1 Å². The van der Waals surface area contributed by atoms with E-state index in [1.807, 2.05) is 4.72 Å². The molecule has 1 aromatic carbocycles. The van der Waals surface area contributed by atoms with Crippen molar-refractivity contribution in [3.8, 4) is 0 Å². The van der Waals surface area contributed by atoms with E-state index in [9.17, 15) is 23.1 Å². The zero-order valence-corrected chi connectivity index (χ0v) is 16.4. The summed E-state index contributed by atoms with van der Waals surface area (Å²) in [6.07, 6.45) is -1.15. The highest BCUT2D eigenvalue weighted by atomic mass is 35.5. The molecule has 0 aliphatic carbocycles. The molecular formula is C17H18ClN3O6S. The molecule has 0 bridgehead atoms. The summed E-state index contributed by atoms with van der Waals surface area (Å²) < 4.78 is 31.8. The van der Waals surface area contributed by atoms with E-state index >= 15 is 0 Å². The summed E-state index contributed by atoms with van der Waals surface area (Å²) in [7, 11) is -4.14. The minimum atomic E-state index is -4.14. The van der Waals surface area contributed by atoms with Gasteiger partial charge in [0.05, 0.1) is 23.1 Å². The maximum atomic E-state index is 12.6. The maximum absolute atomic E-state index is 12.6. The number of hydrogen-bond acceptors (Lipinski definition) is 7. The largest absolute Gasteiger partial charge is 0.391 e. The van der Waals surface area contributed by atoms with Gasteiger partial charge in [-0.1, -0.05) is 16.8 Å². The van der Waals surface area contributed by atoms with Gasteiger partial charge in [0, 0.05) is 24.1 Å². The number of aromatic nitrogens is 1. The molecule has 0 saturated carbocycles. The third-order valence-corrected chi connectivity index (χ3v) is 5.88. The van der Waals surface area contributed by atoms with Gasteiger partial charge in [-0.15, -0.1) is 0 Å². The van der Waals surface area contributed by atoms with Crippen LogP contribution in [0, 0.1) is 6.92 Å². The first-order valence-electron chi connectivity index (χ1n) is 8.37. The summed E-state index contributed by atoms with van der Waals surface area (Å²) in [6, 6.07) is 5.76. The van der Waals surface area contributed by atoms with E-state index in [0.717, 1.165) is 4.90 Å². The molecule has 2 atom stereocenters. The summed E-state index contributed by atoms with van der Waals surface area (Å²) in [5, 5.41) is 14.0. The molecule has 11 heteroatoms. The van der Waals surface area contributed by atoms with Crippen LogP contribution in [-0.4, -0.2) is 54.1 Å². The fourth-order valence-corrected chi connectivity index (χ4v) is 4.10. The van der Waals surface area contributed by atoms with Crippen molar-refractivity contribution < 1.29 is 27.6 Å². The zero-order valence-electron chi connectivity index (χ0n) is 14.8. The lowest BCUT2D eigenvalue weighted by atomic mass is 10.2. The Morgan fingerprint density at radius 3 is 2.64 bits per heavy atom. The Labute approximate surface area is 166 Å². The average Bonchev–Trinajstić information content (AvgIpc) is 3.20. The van der Waals surface area contributed by atoms with Gasteiger partial charge in [0.2, 0.25) is 5.91 Å². The van der Waals surface area contributed by atoms with Crippen LogP contribution in [0.5, 0.6) is 0 Å². The number of aliphatic hydroxyl groups is 1. The molecular weight excluding hydrogens is 410 g/mol. The van der Waals surface area contributed by atoms with Crippen molar-refractivity contribution in [2.45, 2.75) is 36.8 Å². The second-order valence-electron chi connectivity index (χ2n) is 6.49.